The van der Waals surface area contributed by atoms with Crippen LogP contribution in [0, 0.1) is 5.82 Å². The van der Waals surface area contributed by atoms with E-state index in [9.17, 15) is 4.39 Å². The fraction of sp³-hybridized carbons (Fsp3) is 0.200. The Morgan fingerprint density at radius 1 is 1.05 bits per heavy atom. The fourth-order valence-corrected chi connectivity index (χ4v) is 2.45. The number of benzene rings is 2. The van der Waals surface area contributed by atoms with E-state index in [0.717, 1.165) is 5.56 Å². The molecule has 5 heteroatoms. The fourth-order valence-electron chi connectivity index (χ4n) is 1.79. The smallest absolute Gasteiger partial charge is 0.138 e. The Labute approximate surface area is 132 Å². The minimum Gasteiger partial charge on any atom is -0.484 e. The normalized spacial score (nSPS) is 12.2. The molecule has 106 valence electrons. The Morgan fingerprint density at radius 3 is 2.35 bits per heavy atom. The average Bonchev–Trinajstić information content (AvgIpc) is 2.42. The molecule has 0 bridgehead atoms. The molecule has 20 heavy (non-hydrogen) atoms. The zero-order chi connectivity index (χ0) is 14.5. The second-order valence-corrected chi connectivity index (χ2v) is 5.43. The van der Waals surface area contributed by atoms with Crippen molar-refractivity contribution in [3.63, 3.8) is 0 Å². The average molecular weight is 334 g/mol. The number of hydrogen-bond donors (Lipinski definition) is 0. The van der Waals surface area contributed by atoms with Crippen LogP contribution in [0.3, 0.4) is 0 Å². The van der Waals surface area contributed by atoms with Crippen LogP contribution in [0.25, 0.3) is 0 Å². The van der Waals surface area contributed by atoms with E-state index < -0.39 is 0 Å². The second-order valence-electron chi connectivity index (χ2n) is 4.21. The van der Waals surface area contributed by atoms with E-state index in [2.05, 4.69) is 0 Å². The maximum Gasteiger partial charge on any atom is 0.138 e. The van der Waals surface area contributed by atoms with Gasteiger partial charge in [0.05, 0.1) is 5.02 Å². The molecule has 0 aliphatic carbocycles. The molecule has 0 aromatic heterocycles. The first-order valence-electron chi connectivity index (χ1n) is 6.03. The van der Waals surface area contributed by atoms with Crippen LogP contribution in [-0.2, 0) is 0 Å². The van der Waals surface area contributed by atoms with E-state index in [4.69, 9.17) is 39.5 Å². The third kappa shape index (κ3) is 4.02. The SMILES string of the molecule is Fc1ccc([C@@H](CCCl)Oc2ccc(Cl)cc2Cl)cc1. The van der Waals surface area contributed by atoms with Crippen LogP contribution in [0.2, 0.25) is 10.0 Å². The standard InChI is InChI=1S/C15H12Cl3FO/c16-8-7-14(10-1-4-12(19)5-2-10)20-15-6-3-11(17)9-13(15)18/h1-6,9,14H,7-8H2/t14-/m1/s1. The minimum absolute atomic E-state index is 0.285. The molecule has 1 atom stereocenters. The lowest BCUT2D eigenvalue weighted by molar-refractivity contribution is 0.202. The molecule has 1 nitrogen and oxygen atoms in total. The van der Waals surface area contributed by atoms with Gasteiger partial charge in [0, 0.05) is 17.3 Å². The van der Waals surface area contributed by atoms with Crippen LogP contribution in [0.1, 0.15) is 18.1 Å². The van der Waals surface area contributed by atoms with Crippen LogP contribution in [-0.4, -0.2) is 5.88 Å². The van der Waals surface area contributed by atoms with Crippen LogP contribution in [0.5, 0.6) is 5.75 Å². The summed E-state index contributed by atoms with van der Waals surface area (Å²) < 4.78 is 18.8. The molecule has 0 amide bonds. The van der Waals surface area contributed by atoms with Gasteiger partial charge in [0.2, 0.25) is 0 Å². The lowest BCUT2D eigenvalue weighted by Gasteiger charge is -2.19. The van der Waals surface area contributed by atoms with Crippen molar-refractivity contribution < 1.29 is 9.13 Å². The van der Waals surface area contributed by atoms with Crippen molar-refractivity contribution in [2.45, 2.75) is 12.5 Å². The van der Waals surface area contributed by atoms with Gasteiger partial charge in [0.25, 0.3) is 0 Å². The van der Waals surface area contributed by atoms with Crippen LogP contribution >= 0.6 is 34.8 Å². The molecule has 2 rings (SSSR count). The largest absolute Gasteiger partial charge is 0.484 e. The van der Waals surface area contributed by atoms with Crippen molar-refractivity contribution in [1.82, 2.24) is 0 Å². The van der Waals surface area contributed by atoms with Crippen molar-refractivity contribution in [1.29, 1.82) is 0 Å². The highest BCUT2D eigenvalue weighted by atomic mass is 35.5. The molecule has 2 aromatic carbocycles. The summed E-state index contributed by atoms with van der Waals surface area (Å²) in [5.74, 6) is 0.658. The predicted molar refractivity (Wildman–Crippen MR) is 81.6 cm³/mol. The van der Waals surface area contributed by atoms with E-state index >= 15 is 0 Å². The van der Waals surface area contributed by atoms with Gasteiger partial charge in [-0.2, -0.15) is 0 Å². The number of ether oxygens (including phenoxy) is 1. The van der Waals surface area contributed by atoms with E-state index in [-0.39, 0.29) is 11.9 Å². The predicted octanol–water partition coefficient (Wildman–Crippen LogP) is 5.88. The van der Waals surface area contributed by atoms with Crippen molar-refractivity contribution in [3.05, 3.63) is 63.9 Å². The highest BCUT2D eigenvalue weighted by Gasteiger charge is 2.15. The van der Waals surface area contributed by atoms with Gasteiger partial charge in [0.1, 0.15) is 17.7 Å². The summed E-state index contributed by atoms with van der Waals surface area (Å²) in [7, 11) is 0. The third-order valence-corrected chi connectivity index (χ3v) is 3.52. The van der Waals surface area contributed by atoms with E-state index in [1.165, 1.54) is 12.1 Å². The summed E-state index contributed by atoms with van der Waals surface area (Å²) in [4.78, 5) is 0. The Kier molecular flexibility index (Phi) is 5.53. The number of alkyl halides is 1. The molecular weight excluding hydrogens is 322 g/mol. The monoisotopic (exact) mass is 332 g/mol. The quantitative estimate of drug-likeness (QED) is 0.621. The molecule has 0 saturated carbocycles. The topological polar surface area (TPSA) is 9.23 Å². The molecule has 0 fully saturated rings. The zero-order valence-corrected chi connectivity index (χ0v) is 12.7. The van der Waals surface area contributed by atoms with E-state index in [0.29, 0.717) is 28.1 Å². The molecule has 0 unspecified atom stereocenters. The molecule has 0 spiro atoms. The van der Waals surface area contributed by atoms with E-state index in [1.54, 1.807) is 30.3 Å². The van der Waals surface area contributed by atoms with Crippen molar-refractivity contribution >= 4 is 34.8 Å². The summed E-state index contributed by atoms with van der Waals surface area (Å²) >= 11 is 17.7. The van der Waals surface area contributed by atoms with Crippen molar-refractivity contribution in [2.24, 2.45) is 0 Å². The van der Waals surface area contributed by atoms with E-state index in [1.807, 2.05) is 0 Å². The molecule has 0 aliphatic rings. The first-order valence-corrected chi connectivity index (χ1v) is 7.32. The zero-order valence-electron chi connectivity index (χ0n) is 10.5. The van der Waals surface area contributed by atoms with Gasteiger partial charge >= 0.3 is 0 Å². The third-order valence-electron chi connectivity index (χ3n) is 2.78. The number of rotatable bonds is 5. The summed E-state index contributed by atoms with van der Waals surface area (Å²) in [5, 5.41) is 0.970. The van der Waals surface area contributed by atoms with Gasteiger partial charge in [-0.15, -0.1) is 11.6 Å². The highest BCUT2D eigenvalue weighted by molar-refractivity contribution is 6.35. The Bertz CT molecular complexity index is 572. The lowest BCUT2D eigenvalue weighted by atomic mass is 10.1. The molecule has 0 aliphatic heterocycles. The number of halogens is 4. The summed E-state index contributed by atoms with van der Waals surface area (Å²) in [6.07, 6.45) is 0.304. The lowest BCUT2D eigenvalue weighted by Crippen LogP contribution is -2.08. The highest BCUT2D eigenvalue weighted by Crippen LogP contribution is 2.32. The first kappa shape index (κ1) is 15.4. The van der Waals surface area contributed by atoms with Gasteiger partial charge in [-0.3, -0.25) is 0 Å². The molecule has 2 aromatic rings. The summed E-state index contributed by atoms with van der Waals surface area (Å²) in [6.45, 7) is 0. The van der Waals surface area contributed by atoms with Gasteiger partial charge in [-0.05, 0) is 35.9 Å². The Morgan fingerprint density at radius 2 is 1.75 bits per heavy atom. The molecule has 0 heterocycles. The summed E-state index contributed by atoms with van der Waals surface area (Å²) in [6, 6.07) is 11.2. The van der Waals surface area contributed by atoms with Gasteiger partial charge in [-0.1, -0.05) is 35.3 Å². The van der Waals surface area contributed by atoms with Gasteiger partial charge in [-0.25, -0.2) is 4.39 Å². The minimum atomic E-state index is -0.289. The summed E-state index contributed by atoms with van der Waals surface area (Å²) in [5.41, 5.74) is 0.845. The molecule has 0 radical (unpaired) electrons. The van der Waals surface area contributed by atoms with Crippen molar-refractivity contribution in [2.75, 3.05) is 5.88 Å². The molecule has 0 saturated heterocycles. The maximum absolute atomic E-state index is 13.0. The molecule has 0 N–H and O–H groups in total. The van der Waals surface area contributed by atoms with Gasteiger partial charge < -0.3 is 4.74 Å². The van der Waals surface area contributed by atoms with Crippen LogP contribution in [0.4, 0.5) is 4.39 Å². The first-order chi connectivity index (χ1) is 9.60. The number of hydrogen-bond acceptors (Lipinski definition) is 1. The van der Waals surface area contributed by atoms with Crippen molar-refractivity contribution in [3.8, 4) is 5.75 Å². The van der Waals surface area contributed by atoms with Crippen LogP contribution < -0.4 is 4.74 Å². The maximum atomic E-state index is 13.0. The molecular formula is C15H12Cl3FO. The van der Waals surface area contributed by atoms with Crippen LogP contribution in [0.15, 0.2) is 42.5 Å². The Hall–Kier alpha value is -0.960. The Balaban J connectivity index is 2.22. The van der Waals surface area contributed by atoms with Gasteiger partial charge in [0.15, 0.2) is 0 Å². The second kappa shape index (κ2) is 7.16.